The van der Waals surface area contributed by atoms with E-state index >= 15 is 0 Å². The number of hydrogen-bond donors (Lipinski definition) is 1. The van der Waals surface area contributed by atoms with Crippen molar-refractivity contribution < 1.29 is 9.53 Å². The maximum Gasteiger partial charge on any atom is 0.269 e. The maximum atomic E-state index is 12.8. The first-order chi connectivity index (χ1) is 12.9. The van der Waals surface area contributed by atoms with Crippen molar-refractivity contribution in [3.63, 3.8) is 0 Å². The van der Waals surface area contributed by atoms with Crippen LogP contribution < -0.4 is 10.1 Å². The number of carbonyl (C=O) groups is 1. The van der Waals surface area contributed by atoms with Gasteiger partial charge in [0, 0.05) is 15.5 Å². The summed E-state index contributed by atoms with van der Waals surface area (Å²) < 4.78 is 5.85. The molecular formula is C21H21ClN2O2S. The van der Waals surface area contributed by atoms with Gasteiger partial charge in [-0.25, -0.2) is 4.98 Å². The Kier molecular flexibility index (Phi) is 5.82. The van der Waals surface area contributed by atoms with E-state index in [4.69, 9.17) is 16.3 Å². The molecule has 3 rings (SSSR count). The third kappa shape index (κ3) is 4.67. The van der Waals surface area contributed by atoms with Crippen LogP contribution in [-0.4, -0.2) is 16.5 Å². The monoisotopic (exact) mass is 400 g/mol. The number of nitrogens with zero attached hydrogens (tertiary/aromatic N) is 1. The minimum absolute atomic E-state index is 0.256. The van der Waals surface area contributed by atoms with Crippen LogP contribution in [0.25, 0.3) is 11.3 Å². The van der Waals surface area contributed by atoms with E-state index in [2.05, 4.69) is 17.2 Å². The molecule has 0 aliphatic carbocycles. The zero-order chi connectivity index (χ0) is 19.4. The average Bonchev–Trinajstić information content (AvgIpc) is 3.07. The molecule has 0 saturated heterocycles. The van der Waals surface area contributed by atoms with Gasteiger partial charge in [-0.2, -0.15) is 0 Å². The Balaban J connectivity index is 1.77. The second-order valence-corrected chi connectivity index (χ2v) is 8.05. The molecule has 0 unspecified atom stereocenters. The van der Waals surface area contributed by atoms with Gasteiger partial charge in [-0.3, -0.25) is 10.1 Å². The summed E-state index contributed by atoms with van der Waals surface area (Å²) in [5, 5.41) is 4.09. The summed E-state index contributed by atoms with van der Waals surface area (Å²) in [6.07, 6.45) is 0.850. The van der Waals surface area contributed by atoms with Crippen LogP contribution in [0.15, 0.2) is 54.6 Å². The highest BCUT2D eigenvalue weighted by Crippen LogP contribution is 2.32. The number of aryl methyl sites for hydroxylation is 1. The molecule has 4 nitrogen and oxygen atoms in total. The molecule has 0 atom stereocenters. The number of aromatic nitrogens is 1. The van der Waals surface area contributed by atoms with Crippen molar-refractivity contribution in [1.82, 2.24) is 4.98 Å². The van der Waals surface area contributed by atoms with Gasteiger partial charge in [0.05, 0.1) is 5.69 Å². The molecule has 2 aromatic carbocycles. The number of anilines is 1. The fourth-order valence-corrected chi connectivity index (χ4v) is 3.60. The summed E-state index contributed by atoms with van der Waals surface area (Å²) >= 11 is 7.38. The normalized spacial score (nSPS) is 11.3. The zero-order valence-corrected chi connectivity index (χ0v) is 17.0. The lowest BCUT2D eigenvalue weighted by molar-refractivity contribution is -0.128. The summed E-state index contributed by atoms with van der Waals surface area (Å²) in [7, 11) is 0. The lowest BCUT2D eigenvalue weighted by Gasteiger charge is -2.24. The van der Waals surface area contributed by atoms with Crippen LogP contribution in [0, 0.1) is 0 Å². The van der Waals surface area contributed by atoms with Gasteiger partial charge in [0.2, 0.25) is 0 Å². The summed E-state index contributed by atoms with van der Waals surface area (Å²) in [5.74, 6) is 0.325. The molecule has 3 aromatic rings. The lowest BCUT2D eigenvalue weighted by atomic mass is 10.1. The molecule has 0 fully saturated rings. The smallest absolute Gasteiger partial charge is 0.269 e. The summed E-state index contributed by atoms with van der Waals surface area (Å²) in [4.78, 5) is 18.5. The molecule has 0 spiro atoms. The van der Waals surface area contributed by atoms with Crippen LogP contribution in [0.2, 0.25) is 5.02 Å². The fraction of sp³-hybridized carbons (Fsp3) is 0.238. The predicted octanol–water partition coefficient (Wildman–Crippen LogP) is 5.82. The van der Waals surface area contributed by atoms with E-state index in [9.17, 15) is 4.79 Å². The van der Waals surface area contributed by atoms with Gasteiger partial charge < -0.3 is 4.74 Å². The Hall–Kier alpha value is -2.37. The second-order valence-electron chi connectivity index (χ2n) is 6.53. The Morgan fingerprint density at radius 1 is 1.15 bits per heavy atom. The van der Waals surface area contributed by atoms with Crippen molar-refractivity contribution in [3.05, 3.63) is 64.5 Å². The number of thiazole rings is 1. The molecule has 1 N–H and O–H groups in total. The Labute approximate surface area is 168 Å². The van der Waals surface area contributed by atoms with Gasteiger partial charge in [-0.05, 0) is 44.5 Å². The molecule has 0 aliphatic heterocycles. The Morgan fingerprint density at radius 3 is 2.44 bits per heavy atom. The van der Waals surface area contributed by atoms with E-state index in [0.29, 0.717) is 15.9 Å². The van der Waals surface area contributed by atoms with Crippen molar-refractivity contribution in [2.45, 2.75) is 32.8 Å². The van der Waals surface area contributed by atoms with Gasteiger partial charge in [0.25, 0.3) is 5.91 Å². The lowest BCUT2D eigenvalue weighted by Crippen LogP contribution is -2.42. The standard InChI is InChI=1S/C21H21ClN2O2S/c1-4-17-18(14-8-6-5-7-9-14)23-20(27-17)24-19(25)21(2,3)26-16-12-10-15(22)11-13-16/h5-13H,4H2,1-3H3,(H,23,24,25). The summed E-state index contributed by atoms with van der Waals surface area (Å²) in [6.45, 7) is 5.53. The number of benzene rings is 2. The SMILES string of the molecule is CCc1sc(NC(=O)C(C)(C)Oc2ccc(Cl)cc2)nc1-c1ccccc1. The predicted molar refractivity (Wildman–Crippen MR) is 112 cm³/mol. The topological polar surface area (TPSA) is 51.2 Å². The van der Waals surface area contributed by atoms with Gasteiger partial charge in [0.15, 0.2) is 10.7 Å². The van der Waals surface area contributed by atoms with Crippen LogP contribution in [0.1, 0.15) is 25.6 Å². The molecule has 0 aliphatic rings. The van der Waals surface area contributed by atoms with E-state index in [1.165, 1.54) is 11.3 Å². The third-order valence-electron chi connectivity index (χ3n) is 4.02. The van der Waals surface area contributed by atoms with E-state index < -0.39 is 5.60 Å². The van der Waals surface area contributed by atoms with Crippen LogP contribution in [0.3, 0.4) is 0 Å². The highest BCUT2D eigenvalue weighted by Gasteiger charge is 2.31. The number of carbonyl (C=O) groups excluding carboxylic acids is 1. The Bertz CT molecular complexity index is 921. The first-order valence-corrected chi connectivity index (χ1v) is 9.89. The first-order valence-electron chi connectivity index (χ1n) is 8.70. The van der Waals surface area contributed by atoms with Gasteiger partial charge in [-0.15, -0.1) is 11.3 Å². The van der Waals surface area contributed by atoms with Gasteiger partial charge >= 0.3 is 0 Å². The minimum Gasteiger partial charge on any atom is -0.478 e. The number of rotatable bonds is 6. The molecule has 140 valence electrons. The fourth-order valence-electron chi connectivity index (χ4n) is 2.56. The van der Waals surface area contributed by atoms with Crippen LogP contribution in [-0.2, 0) is 11.2 Å². The van der Waals surface area contributed by atoms with E-state index in [1.54, 1.807) is 38.1 Å². The molecule has 0 saturated carbocycles. The molecule has 0 bridgehead atoms. The molecule has 1 aromatic heterocycles. The average molecular weight is 401 g/mol. The molecule has 27 heavy (non-hydrogen) atoms. The van der Waals surface area contributed by atoms with Crippen LogP contribution >= 0.6 is 22.9 Å². The van der Waals surface area contributed by atoms with E-state index in [-0.39, 0.29) is 5.91 Å². The molecule has 1 amide bonds. The van der Waals surface area contributed by atoms with Gasteiger partial charge in [0.1, 0.15) is 5.75 Å². The molecule has 0 radical (unpaired) electrons. The highest BCUT2D eigenvalue weighted by atomic mass is 35.5. The van der Waals surface area contributed by atoms with Crippen molar-refractivity contribution in [3.8, 4) is 17.0 Å². The van der Waals surface area contributed by atoms with Crippen molar-refractivity contribution in [2.24, 2.45) is 0 Å². The second kappa shape index (κ2) is 8.11. The molecule has 6 heteroatoms. The van der Waals surface area contributed by atoms with Crippen molar-refractivity contribution >= 4 is 34.0 Å². The van der Waals surface area contributed by atoms with Crippen molar-refractivity contribution in [1.29, 1.82) is 0 Å². The Morgan fingerprint density at radius 2 is 1.81 bits per heavy atom. The number of amides is 1. The van der Waals surface area contributed by atoms with Crippen LogP contribution in [0.5, 0.6) is 5.75 Å². The third-order valence-corrected chi connectivity index (χ3v) is 5.39. The van der Waals surface area contributed by atoms with E-state index in [0.717, 1.165) is 22.6 Å². The highest BCUT2D eigenvalue weighted by molar-refractivity contribution is 7.16. The maximum absolute atomic E-state index is 12.8. The quantitative estimate of drug-likeness (QED) is 0.567. The van der Waals surface area contributed by atoms with Crippen LogP contribution in [0.4, 0.5) is 5.13 Å². The number of nitrogens with one attached hydrogen (secondary N) is 1. The zero-order valence-electron chi connectivity index (χ0n) is 15.5. The summed E-state index contributed by atoms with van der Waals surface area (Å²) in [5.41, 5.74) is 0.899. The van der Waals surface area contributed by atoms with Gasteiger partial charge in [-0.1, -0.05) is 48.9 Å². The number of hydrogen-bond acceptors (Lipinski definition) is 4. The largest absolute Gasteiger partial charge is 0.478 e. The molecule has 1 heterocycles. The summed E-state index contributed by atoms with van der Waals surface area (Å²) in [6, 6.07) is 16.9. The number of halogens is 1. The van der Waals surface area contributed by atoms with E-state index in [1.807, 2.05) is 30.3 Å². The first kappa shape index (κ1) is 19.4. The van der Waals surface area contributed by atoms with Crippen molar-refractivity contribution in [2.75, 3.05) is 5.32 Å². The minimum atomic E-state index is -1.06. The molecular weight excluding hydrogens is 380 g/mol. The number of ether oxygens (including phenoxy) is 1.